The number of H-pyrrole nitrogens is 1. The van der Waals surface area contributed by atoms with E-state index in [0.717, 1.165) is 28.5 Å². The van der Waals surface area contributed by atoms with Gasteiger partial charge in [-0.2, -0.15) is 0 Å². The maximum atomic E-state index is 14.3. The summed E-state index contributed by atoms with van der Waals surface area (Å²) < 4.78 is 0. The molecule has 4 heterocycles. The van der Waals surface area contributed by atoms with Crippen LogP contribution in [-0.2, 0) is 37.6 Å². The molecule has 4 atom stereocenters. The normalized spacial score (nSPS) is 24.7. The maximum Gasteiger partial charge on any atom is 0.250 e. The van der Waals surface area contributed by atoms with E-state index in [1.54, 1.807) is 24.3 Å². The molecule has 7 rings (SSSR count). The van der Waals surface area contributed by atoms with Crippen LogP contribution in [0.5, 0.6) is 0 Å². The minimum Gasteiger partial charge on any atom is -0.361 e. The summed E-state index contributed by atoms with van der Waals surface area (Å²) in [6.07, 6.45) is 3.16. The number of anilines is 3. The third-order valence-corrected chi connectivity index (χ3v) is 8.75. The molecular weight excluding hydrogens is 518 g/mol. The molecule has 2 fully saturated rings. The number of benzene rings is 3. The molecule has 2 saturated heterocycles. The van der Waals surface area contributed by atoms with Crippen molar-refractivity contribution in [3.8, 4) is 0 Å². The average molecular weight is 548 g/mol. The van der Waals surface area contributed by atoms with Crippen molar-refractivity contribution in [1.29, 1.82) is 0 Å². The highest BCUT2D eigenvalue weighted by Crippen LogP contribution is 2.54. The number of hydrogen-bond acceptors (Lipinski definition) is 5. The molecule has 9 nitrogen and oxygen atoms in total. The molecule has 206 valence electrons. The van der Waals surface area contributed by atoms with Gasteiger partial charge in [-0.05, 0) is 60.4 Å². The lowest BCUT2D eigenvalue weighted by molar-refractivity contribution is -0.130. The van der Waals surface area contributed by atoms with E-state index in [-0.39, 0.29) is 17.7 Å². The van der Waals surface area contributed by atoms with Crippen molar-refractivity contribution >= 4 is 51.6 Å². The van der Waals surface area contributed by atoms with Crippen LogP contribution in [-0.4, -0.2) is 34.7 Å². The van der Waals surface area contributed by atoms with Gasteiger partial charge >= 0.3 is 0 Å². The summed E-state index contributed by atoms with van der Waals surface area (Å²) in [6, 6.07) is 19.9. The van der Waals surface area contributed by atoms with E-state index in [0.29, 0.717) is 29.0 Å². The number of carbonyl (C=O) groups is 4. The van der Waals surface area contributed by atoms with Crippen LogP contribution in [0.4, 0.5) is 17.1 Å². The first-order valence-corrected chi connectivity index (χ1v) is 13.8. The van der Waals surface area contributed by atoms with Gasteiger partial charge < -0.3 is 15.6 Å². The molecule has 3 aromatic carbocycles. The number of hydrogen-bond donors (Lipinski definition) is 4. The molecular formula is C32H29N5O4. The third-order valence-electron chi connectivity index (χ3n) is 8.75. The van der Waals surface area contributed by atoms with Gasteiger partial charge in [0.05, 0.1) is 17.5 Å². The van der Waals surface area contributed by atoms with Gasteiger partial charge in [0, 0.05) is 47.0 Å². The molecule has 9 heteroatoms. The number of fused-ring (bicyclic) bond motifs is 5. The van der Waals surface area contributed by atoms with Gasteiger partial charge in [0.2, 0.25) is 23.6 Å². The molecule has 4 N–H and O–H groups in total. The molecule has 4 aromatic rings. The van der Waals surface area contributed by atoms with Crippen LogP contribution in [0.3, 0.4) is 0 Å². The average Bonchev–Trinajstić information content (AvgIpc) is 3.67. The fraction of sp³-hybridized carbons (Fsp3) is 0.250. The van der Waals surface area contributed by atoms with Crippen LogP contribution in [0.1, 0.15) is 30.5 Å². The topological polar surface area (TPSA) is 123 Å². The van der Waals surface area contributed by atoms with Gasteiger partial charge in [-0.25, -0.2) is 4.90 Å². The highest BCUT2D eigenvalue weighted by atomic mass is 16.2. The first kappa shape index (κ1) is 25.2. The number of rotatable bonds is 5. The fourth-order valence-electron chi connectivity index (χ4n) is 6.93. The molecule has 3 aliphatic heterocycles. The van der Waals surface area contributed by atoms with Crippen molar-refractivity contribution in [2.75, 3.05) is 15.5 Å². The summed E-state index contributed by atoms with van der Waals surface area (Å²) in [5.41, 5.74) is 4.00. The fourth-order valence-corrected chi connectivity index (χ4v) is 6.93. The number of nitrogens with zero attached hydrogens (tertiary/aromatic N) is 1. The van der Waals surface area contributed by atoms with E-state index in [1.807, 2.05) is 55.6 Å². The predicted octanol–water partition coefficient (Wildman–Crippen LogP) is 3.86. The highest BCUT2D eigenvalue weighted by molar-refractivity contribution is 6.26. The van der Waals surface area contributed by atoms with Crippen LogP contribution in [0.2, 0.25) is 0 Å². The van der Waals surface area contributed by atoms with Gasteiger partial charge in [-0.15, -0.1) is 0 Å². The Morgan fingerprint density at radius 2 is 1.78 bits per heavy atom. The number of para-hydroxylation sites is 1. The Bertz CT molecular complexity index is 1760. The Labute approximate surface area is 236 Å². The van der Waals surface area contributed by atoms with E-state index in [1.165, 1.54) is 11.8 Å². The van der Waals surface area contributed by atoms with Gasteiger partial charge in [0.15, 0.2) is 0 Å². The van der Waals surface area contributed by atoms with Gasteiger partial charge in [0.1, 0.15) is 5.54 Å². The van der Waals surface area contributed by atoms with Crippen molar-refractivity contribution in [1.82, 2.24) is 10.3 Å². The van der Waals surface area contributed by atoms with Crippen molar-refractivity contribution in [2.45, 2.75) is 38.3 Å². The minimum atomic E-state index is -1.38. The van der Waals surface area contributed by atoms with Crippen molar-refractivity contribution in [2.24, 2.45) is 11.8 Å². The number of aromatic nitrogens is 1. The molecule has 41 heavy (non-hydrogen) atoms. The molecule has 1 spiro atoms. The van der Waals surface area contributed by atoms with E-state index < -0.39 is 29.3 Å². The second-order valence-electron chi connectivity index (χ2n) is 11.1. The Morgan fingerprint density at radius 1 is 1.00 bits per heavy atom. The van der Waals surface area contributed by atoms with Gasteiger partial charge in [-0.3, -0.25) is 24.5 Å². The van der Waals surface area contributed by atoms with Crippen LogP contribution in [0.25, 0.3) is 10.9 Å². The SMILES string of the molecule is CCc1ccc2c(c1)[C@@]1(N[C@@H](Cc3c[nH]c4ccccc34)[C@H]3C(=O)N(c4ccc(NC(C)=O)cc4)C(=O)[C@@H]31)C(=O)N2. The van der Waals surface area contributed by atoms with E-state index >= 15 is 0 Å². The van der Waals surface area contributed by atoms with E-state index in [2.05, 4.69) is 20.9 Å². The van der Waals surface area contributed by atoms with Crippen LogP contribution < -0.4 is 20.9 Å². The first-order valence-electron chi connectivity index (χ1n) is 13.8. The number of aryl methyl sites for hydroxylation is 1. The van der Waals surface area contributed by atoms with Crippen molar-refractivity contribution in [3.05, 3.63) is 89.6 Å². The summed E-state index contributed by atoms with van der Waals surface area (Å²) in [5, 5.41) is 10.3. The molecule has 1 aromatic heterocycles. The molecule has 0 radical (unpaired) electrons. The number of amides is 4. The molecule has 0 aliphatic carbocycles. The van der Waals surface area contributed by atoms with Crippen molar-refractivity contribution in [3.63, 3.8) is 0 Å². The molecule has 0 saturated carbocycles. The lowest BCUT2D eigenvalue weighted by Crippen LogP contribution is -2.53. The lowest BCUT2D eigenvalue weighted by atomic mass is 9.76. The van der Waals surface area contributed by atoms with E-state index in [9.17, 15) is 19.2 Å². The molecule has 4 amide bonds. The Kier molecular flexibility index (Phi) is 5.62. The predicted molar refractivity (Wildman–Crippen MR) is 155 cm³/mol. The smallest absolute Gasteiger partial charge is 0.250 e. The van der Waals surface area contributed by atoms with Crippen LogP contribution in [0, 0.1) is 11.8 Å². The number of aromatic amines is 1. The third kappa shape index (κ3) is 3.65. The Balaban J connectivity index is 1.34. The largest absolute Gasteiger partial charge is 0.361 e. The molecule has 0 unspecified atom stereocenters. The summed E-state index contributed by atoms with van der Waals surface area (Å²) in [5.74, 6) is -2.96. The second kappa shape index (κ2) is 9.14. The first-order chi connectivity index (χ1) is 19.8. The molecule has 0 bridgehead atoms. The van der Waals surface area contributed by atoms with E-state index in [4.69, 9.17) is 0 Å². The quantitative estimate of drug-likeness (QED) is 0.283. The summed E-state index contributed by atoms with van der Waals surface area (Å²) >= 11 is 0. The number of imide groups is 1. The second-order valence-corrected chi connectivity index (χ2v) is 11.1. The monoisotopic (exact) mass is 547 g/mol. The zero-order valence-electron chi connectivity index (χ0n) is 22.7. The number of nitrogens with one attached hydrogen (secondary N) is 4. The van der Waals surface area contributed by atoms with Gasteiger partial charge in [0.25, 0.3) is 0 Å². The molecule has 3 aliphatic rings. The standard InChI is InChI=1S/C32H29N5O4/c1-3-18-8-13-25-23(14-18)32(31(41)35-25)28-27(26(36-32)15-19-16-33-24-7-5-4-6-22(19)24)29(39)37(30(28)40)21-11-9-20(10-12-21)34-17(2)38/h4-14,16,26-28,33,36H,3,15H2,1-2H3,(H,34,38)(H,35,41)/t26-,27+,28+,32-/m0/s1. The maximum absolute atomic E-state index is 14.3. The van der Waals surface area contributed by atoms with Gasteiger partial charge in [-0.1, -0.05) is 37.3 Å². The van der Waals surface area contributed by atoms with Crippen molar-refractivity contribution < 1.29 is 19.2 Å². The zero-order chi connectivity index (χ0) is 28.5. The summed E-state index contributed by atoms with van der Waals surface area (Å²) in [7, 11) is 0. The van der Waals surface area contributed by atoms with Crippen LogP contribution >= 0.6 is 0 Å². The zero-order valence-corrected chi connectivity index (χ0v) is 22.7. The minimum absolute atomic E-state index is 0.217. The van der Waals surface area contributed by atoms with Crippen LogP contribution in [0.15, 0.2) is 72.9 Å². The Morgan fingerprint density at radius 3 is 2.54 bits per heavy atom. The lowest BCUT2D eigenvalue weighted by Gasteiger charge is -2.30. The summed E-state index contributed by atoms with van der Waals surface area (Å²) in [4.78, 5) is 58.4. The highest BCUT2D eigenvalue weighted by Gasteiger charge is 2.70. The Hall–Kier alpha value is -4.76. The number of carbonyl (C=O) groups excluding carboxylic acids is 4. The summed E-state index contributed by atoms with van der Waals surface area (Å²) in [6.45, 7) is 3.46.